The van der Waals surface area contributed by atoms with E-state index in [9.17, 15) is 4.39 Å². The molecule has 0 heterocycles. The van der Waals surface area contributed by atoms with Crippen LogP contribution in [0.2, 0.25) is 0 Å². The SMILES string of the molecule is CC.CCc1ccc(-c2cc(OC)ccc2F)c(CC2(C)CC2)c1.CO. The Morgan fingerprint density at radius 2 is 1.69 bits per heavy atom. The molecule has 0 aliphatic heterocycles. The van der Waals surface area contributed by atoms with Gasteiger partial charge >= 0.3 is 0 Å². The molecule has 0 radical (unpaired) electrons. The Morgan fingerprint density at radius 3 is 2.23 bits per heavy atom. The Labute approximate surface area is 158 Å². The van der Waals surface area contributed by atoms with E-state index in [4.69, 9.17) is 9.84 Å². The average molecular weight is 361 g/mol. The first-order valence-corrected chi connectivity index (χ1v) is 9.45. The monoisotopic (exact) mass is 360 g/mol. The molecule has 1 saturated carbocycles. The van der Waals surface area contributed by atoms with E-state index < -0.39 is 0 Å². The van der Waals surface area contributed by atoms with E-state index in [0.29, 0.717) is 16.7 Å². The second kappa shape index (κ2) is 10.3. The third-order valence-electron chi connectivity index (χ3n) is 4.76. The predicted molar refractivity (Wildman–Crippen MR) is 108 cm³/mol. The molecule has 2 aromatic carbocycles. The first-order chi connectivity index (χ1) is 12.5. The number of rotatable bonds is 5. The van der Waals surface area contributed by atoms with Crippen LogP contribution in [0.1, 0.15) is 51.7 Å². The second-order valence-corrected chi connectivity index (χ2v) is 6.68. The van der Waals surface area contributed by atoms with Gasteiger partial charge in [0, 0.05) is 12.7 Å². The van der Waals surface area contributed by atoms with Crippen LogP contribution < -0.4 is 4.74 Å². The maximum absolute atomic E-state index is 14.3. The van der Waals surface area contributed by atoms with Crippen molar-refractivity contribution < 1.29 is 14.2 Å². The molecule has 1 N–H and O–H groups in total. The van der Waals surface area contributed by atoms with Gasteiger partial charge < -0.3 is 9.84 Å². The van der Waals surface area contributed by atoms with Crippen LogP contribution in [0.15, 0.2) is 36.4 Å². The highest BCUT2D eigenvalue weighted by atomic mass is 19.1. The molecule has 1 aliphatic carbocycles. The fourth-order valence-corrected chi connectivity index (χ4v) is 2.96. The fraction of sp³-hybridized carbons (Fsp3) is 0.478. The minimum Gasteiger partial charge on any atom is -0.497 e. The van der Waals surface area contributed by atoms with Gasteiger partial charge in [-0.25, -0.2) is 4.39 Å². The topological polar surface area (TPSA) is 29.5 Å². The van der Waals surface area contributed by atoms with Crippen LogP contribution in [0.25, 0.3) is 11.1 Å². The second-order valence-electron chi connectivity index (χ2n) is 6.68. The van der Waals surface area contributed by atoms with Gasteiger partial charge in [-0.1, -0.05) is 45.9 Å². The lowest BCUT2D eigenvalue weighted by molar-refractivity contribution is 0.399. The quantitative estimate of drug-likeness (QED) is 0.704. The lowest BCUT2D eigenvalue weighted by Gasteiger charge is -2.16. The molecule has 0 spiro atoms. The molecule has 0 amide bonds. The minimum absolute atomic E-state index is 0.188. The highest BCUT2D eigenvalue weighted by molar-refractivity contribution is 5.70. The largest absolute Gasteiger partial charge is 0.497 e. The van der Waals surface area contributed by atoms with Crippen molar-refractivity contribution in [2.45, 2.75) is 53.4 Å². The summed E-state index contributed by atoms with van der Waals surface area (Å²) >= 11 is 0. The van der Waals surface area contributed by atoms with Gasteiger partial charge in [0.1, 0.15) is 11.6 Å². The van der Waals surface area contributed by atoms with Gasteiger partial charge in [-0.15, -0.1) is 0 Å². The maximum Gasteiger partial charge on any atom is 0.131 e. The maximum atomic E-state index is 14.3. The van der Waals surface area contributed by atoms with E-state index in [2.05, 4.69) is 32.0 Å². The van der Waals surface area contributed by atoms with Crippen molar-refractivity contribution in [3.05, 3.63) is 53.3 Å². The van der Waals surface area contributed by atoms with Crippen molar-refractivity contribution in [2.75, 3.05) is 14.2 Å². The number of methoxy groups -OCH3 is 1. The zero-order chi connectivity index (χ0) is 19.7. The van der Waals surface area contributed by atoms with Crippen molar-refractivity contribution in [3.8, 4) is 16.9 Å². The van der Waals surface area contributed by atoms with E-state index in [1.165, 1.54) is 30.0 Å². The number of benzene rings is 2. The Kier molecular flexibility index (Phi) is 8.80. The number of aliphatic hydroxyl groups is 1. The molecule has 0 unspecified atom stereocenters. The Hall–Kier alpha value is -1.87. The zero-order valence-electron chi connectivity index (χ0n) is 17.0. The van der Waals surface area contributed by atoms with Crippen LogP contribution >= 0.6 is 0 Å². The summed E-state index contributed by atoms with van der Waals surface area (Å²) < 4.78 is 19.6. The van der Waals surface area contributed by atoms with Crippen molar-refractivity contribution in [1.82, 2.24) is 0 Å². The van der Waals surface area contributed by atoms with Gasteiger partial charge in [-0.2, -0.15) is 0 Å². The number of aliphatic hydroxyl groups excluding tert-OH is 1. The molecule has 0 bridgehead atoms. The molecule has 26 heavy (non-hydrogen) atoms. The van der Waals surface area contributed by atoms with E-state index in [1.807, 2.05) is 13.8 Å². The molecule has 3 rings (SSSR count). The van der Waals surface area contributed by atoms with Crippen LogP contribution in [-0.4, -0.2) is 19.3 Å². The van der Waals surface area contributed by atoms with E-state index in [1.54, 1.807) is 19.2 Å². The van der Waals surface area contributed by atoms with Gasteiger partial charge in [0.15, 0.2) is 0 Å². The molecule has 1 aliphatic rings. The Bertz CT molecular complexity index is 691. The molecule has 0 atom stereocenters. The van der Waals surface area contributed by atoms with Gasteiger partial charge in [0.05, 0.1) is 7.11 Å². The summed E-state index contributed by atoms with van der Waals surface area (Å²) in [6.07, 6.45) is 4.56. The van der Waals surface area contributed by atoms with E-state index in [0.717, 1.165) is 25.5 Å². The zero-order valence-corrected chi connectivity index (χ0v) is 17.0. The van der Waals surface area contributed by atoms with Gasteiger partial charge in [-0.05, 0) is 66.0 Å². The molecule has 3 heteroatoms. The molecule has 0 aromatic heterocycles. The normalized spacial score (nSPS) is 13.7. The van der Waals surface area contributed by atoms with E-state index >= 15 is 0 Å². The van der Waals surface area contributed by atoms with Gasteiger partial charge in [-0.3, -0.25) is 0 Å². The summed E-state index contributed by atoms with van der Waals surface area (Å²) in [5, 5.41) is 7.00. The van der Waals surface area contributed by atoms with Crippen molar-refractivity contribution >= 4 is 0 Å². The molecule has 1 fully saturated rings. The van der Waals surface area contributed by atoms with Crippen LogP contribution in [0.5, 0.6) is 5.75 Å². The molecule has 0 saturated heterocycles. The summed E-state index contributed by atoms with van der Waals surface area (Å²) in [5.41, 5.74) is 4.61. The predicted octanol–water partition coefficient (Wildman–Crippen LogP) is 6.04. The molecular formula is C23H33FO2. The first kappa shape index (κ1) is 22.2. The highest BCUT2D eigenvalue weighted by Gasteiger charge is 2.37. The van der Waals surface area contributed by atoms with Crippen LogP contribution in [0.4, 0.5) is 4.39 Å². The van der Waals surface area contributed by atoms with Gasteiger partial charge in [0.2, 0.25) is 0 Å². The number of ether oxygens (including phenoxy) is 1. The van der Waals surface area contributed by atoms with Crippen molar-refractivity contribution in [2.24, 2.45) is 5.41 Å². The number of hydrogen-bond donors (Lipinski definition) is 1. The third-order valence-corrected chi connectivity index (χ3v) is 4.76. The van der Waals surface area contributed by atoms with Crippen LogP contribution in [-0.2, 0) is 12.8 Å². The van der Waals surface area contributed by atoms with Crippen molar-refractivity contribution in [3.63, 3.8) is 0 Å². The van der Waals surface area contributed by atoms with Crippen LogP contribution in [0.3, 0.4) is 0 Å². The fourth-order valence-electron chi connectivity index (χ4n) is 2.96. The molecular weight excluding hydrogens is 327 g/mol. The van der Waals surface area contributed by atoms with Gasteiger partial charge in [0.25, 0.3) is 0 Å². The summed E-state index contributed by atoms with van der Waals surface area (Å²) in [7, 11) is 2.61. The highest BCUT2D eigenvalue weighted by Crippen LogP contribution is 2.49. The Morgan fingerprint density at radius 1 is 1.04 bits per heavy atom. The minimum atomic E-state index is -0.188. The van der Waals surface area contributed by atoms with E-state index in [-0.39, 0.29) is 5.82 Å². The number of halogens is 1. The summed E-state index contributed by atoms with van der Waals surface area (Å²) in [4.78, 5) is 0. The lowest BCUT2D eigenvalue weighted by Crippen LogP contribution is -2.03. The smallest absolute Gasteiger partial charge is 0.131 e. The van der Waals surface area contributed by atoms with Crippen molar-refractivity contribution in [1.29, 1.82) is 0 Å². The standard InChI is InChI=1S/C20H23FO.C2H6.CH4O/c1-4-14-5-7-17(15(11-14)13-20(2)9-10-20)18-12-16(22-3)6-8-19(18)21;2*1-2/h5-8,11-12H,4,9-10,13H2,1-3H3;1-2H3;2H,1H3. The first-order valence-electron chi connectivity index (χ1n) is 9.45. The number of hydrogen-bond acceptors (Lipinski definition) is 2. The molecule has 2 aromatic rings. The lowest BCUT2D eigenvalue weighted by atomic mass is 9.89. The average Bonchev–Trinajstić information content (AvgIpc) is 3.42. The number of aryl methyl sites for hydroxylation is 1. The summed E-state index contributed by atoms with van der Waals surface area (Å²) in [6, 6.07) is 11.4. The molecule has 2 nitrogen and oxygen atoms in total. The Balaban J connectivity index is 0.000000791. The summed E-state index contributed by atoms with van der Waals surface area (Å²) in [5.74, 6) is 0.506. The third kappa shape index (κ3) is 5.57. The molecule has 144 valence electrons. The summed E-state index contributed by atoms with van der Waals surface area (Å²) in [6.45, 7) is 8.47. The van der Waals surface area contributed by atoms with Crippen LogP contribution in [0, 0.1) is 11.2 Å².